The van der Waals surface area contributed by atoms with Gasteiger partial charge in [-0.25, -0.2) is 4.98 Å². The van der Waals surface area contributed by atoms with Gasteiger partial charge in [-0.2, -0.15) is 0 Å². The topological polar surface area (TPSA) is 80.2 Å². The number of pyridine rings is 1. The molecule has 1 N–H and O–H groups in total. The molecular formula is C24H26N4O3. The molecule has 1 aromatic carbocycles. The van der Waals surface area contributed by atoms with Gasteiger partial charge >= 0.3 is 0 Å². The molecule has 1 saturated heterocycles. The predicted octanol–water partition coefficient (Wildman–Crippen LogP) is 2.93. The van der Waals surface area contributed by atoms with Crippen LogP contribution in [-0.2, 0) is 6.42 Å². The van der Waals surface area contributed by atoms with Crippen LogP contribution in [0, 0.1) is 12.8 Å². The summed E-state index contributed by atoms with van der Waals surface area (Å²) < 4.78 is 7.36. The van der Waals surface area contributed by atoms with Crippen LogP contribution in [0.15, 0.2) is 53.5 Å². The van der Waals surface area contributed by atoms with Crippen molar-refractivity contribution in [3.63, 3.8) is 0 Å². The van der Waals surface area contributed by atoms with Crippen molar-refractivity contribution in [2.45, 2.75) is 31.7 Å². The van der Waals surface area contributed by atoms with Crippen LogP contribution in [0.3, 0.4) is 0 Å². The molecule has 1 fully saturated rings. The van der Waals surface area contributed by atoms with Gasteiger partial charge in [-0.05, 0) is 49.4 Å². The van der Waals surface area contributed by atoms with E-state index in [0.29, 0.717) is 18.8 Å². The maximum absolute atomic E-state index is 13.1. The SMILES string of the molecule is COc1cccc(C[C@H]2[C@H]3C[C@H](CN(C(=O)c4cnc(C)[nH]4)C3)c3cccc(=O)n32)c1. The first-order valence-electron chi connectivity index (χ1n) is 10.7. The third-order valence-corrected chi connectivity index (χ3v) is 6.60. The Hall–Kier alpha value is -3.35. The molecule has 3 aromatic rings. The number of imidazole rings is 1. The third-order valence-electron chi connectivity index (χ3n) is 6.60. The Labute approximate surface area is 180 Å². The highest BCUT2D eigenvalue weighted by atomic mass is 16.5. The number of likely N-dealkylation sites (tertiary alicyclic amines) is 1. The summed E-state index contributed by atoms with van der Waals surface area (Å²) in [7, 11) is 1.66. The number of amides is 1. The Bertz CT molecular complexity index is 1180. The monoisotopic (exact) mass is 418 g/mol. The highest BCUT2D eigenvalue weighted by Crippen LogP contribution is 2.42. The molecule has 2 bridgehead atoms. The number of benzene rings is 1. The Balaban J connectivity index is 1.51. The molecule has 160 valence electrons. The molecule has 4 heterocycles. The fourth-order valence-electron chi connectivity index (χ4n) is 5.21. The van der Waals surface area contributed by atoms with Gasteiger partial charge in [-0.3, -0.25) is 9.59 Å². The summed E-state index contributed by atoms with van der Waals surface area (Å²) in [4.78, 5) is 35.2. The van der Waals surface area contributed by atoms with E-state index in [-0.39, 0.29) is 29.3 Å². The van der Waals surface area contributed by atoms with Gasteiger partial charge in [0.25, 0.3) is 11.5 Å². The quantitative estimate of drug-likeness (QED) is 0.707. The molecule has 2 aromatic heterocycles. The highest BCUT2D eigenvalue weighted by Gasteiger charge is 2.42. The van der Waals surface area contributed by atoms with Crippen LogP contribution in [0.5, 0.6) is 5.75 Å². The standard InChI is InChI=1S/C24H26N4O3/c1-15-25-12-20(26-15)24(30)27-13-17-11-18(14-27)22(28-21(17)7-4-8-23(28)29)10-16-5-3-6-19(9-16)31-2/h3-9,12,17-18,22H,10-11,13-14H2,1-2H3,(H,25,26)/t17-,18+,22+/m1/s1. The minimum atomic E-state index is -0.0258. The zero-order valence-electron chi connectivity index (χ0n) is 17.7. The normalized spacial score (nSPS) is 22.1. The summed E-state index contributed by atoms with van der Waals surface area (Å²) >= 11 is 0. The van der Waals surface area contributed by atoms with E-state index in [1.54, 1.807) is 19.4 Å². The van der Waals surface area contributed by atoms with Crippen LogP contribution in [0.4, 0.5) is 0 Å². The number of hydrogen-bond donors (Lipinski definition) is 1. The predicted molar refractivity (Wildman–Crippen MR) is 117 cm³/mol. The van der Waals surface area contributed by atoms with E-state index < -0.39 is 0 Å². The van der Waals surface area contributed by atoms with Gasteiger partial charge in [0.05, 0.1) is 13.3 Å². The smallest absolute Gasteiger partial charge is 0.271 e. The number of carbonyl (C=O) groups excluding carboxylic acids is 1. The Morgan fingerprint density at radius 3 is 2.84 bits per heavy atom. The van der Waals surface area contributed by atoms with Gasteiger partial charge in [0, 0.05) is 36.8 Å². The minimum absolute atomic E-state index is 0.00819. The molecule has 0 spiro atoms. The molecule has 5 rings (SSSR count). The maximum Gasteiger partial charge on any atom is 0.271 e. The van der Waals surface area contributed by atoms with Gasteiger partial charge in [0.2, 0.25) is 0 Å². The number of carbonyl (C=O) groups is 1. The lowest BCUT2D eigenvalue weighted by atomic mass is 9.76. The molecule has 0 saturated carbocycles. The molecule has 2 aliphatic heterocycles. The van der Waals surface area contributed by atoms with Gasteiger partial charge in [0.15, 0.2) is 0 Å². The summed E-state index contributed by atoms with van der Waals surface area (Å²) in [5.41, 5.74) is 2.70. The number of aryl methyl sites for hydroxylation is 1. The summed E-state index contributed by atoms with van der Waals surface area (Å²) in [6.07, 6.45) is 3.30. The van der Waals surface area contributed by atoms with E-state index in [0.717, 1.165) is 35.7 Å². The number of nitrogens with zero attached hydrogens (tertiary/aromatic N) is 3. The number of nitrogens with one attached hydrogen (secondary N) is 1. The minimum Gasteiger partial charge on any atom is -0.497 e. The fraction of sp³-hybridized carbons (Fsp3) is 0.375. The van der Waals surface area contributed by atoms with Crippen molar-refractivity contribution in [1.29, 1.82) is 0 Å². The molecule has 7 heteroatoms. The van der Waals surface area contributed by atoms with Crippen molar-refractivity contribution < 1.29 is 9.53 Å². The molecule has 31 heavy (non-hydrogen) atoms. The number of methoxy groups -OCH3 is 1. The largest absolute Gasteiger partial charge is 0.497 e. The molecular weight excluding hydrogens is 392 g/mol. The molecule has 7 nitrogen and oxygen atoms in total. The number of aromatic amines is 1. The molecule has 0 aliphatic carbocycles. The first kappa shape index (κ1) is 19.6. The van der Waals surface area contributed by atoms with Crippen LogP contribution >= 0.6 is 0 Å². The van der Waals surface area contributed by atoms with Gasteiger partial charge in [-0.15, -0.1) is 0 Å². The average Bonchev–Trinajstić information content (AvgIpc) is 3.22. The van der Waals surface area contributed by atoms with Crippen molar-refractivity contribution in [2.24, 2.45) is 5.92 Å². The van der Waals surface area contributed by atoms with Crippen molar-refractivity contribution in [3.8, 4) is 5.75 Å². The van der Waals surface area contributed by atoms with E-state index >= 15 is 0 Å². The zero-order valence-corrected chi connectivity index (χ0v) is 17.7. The number of rotatable bonds is 4. The number of ether oxygens (including phenoxy) is 1. The van der Waals surface area contributed by atoms with Crippen molar-refractivity contribution in [1.82, 2.24) is 19.4 Å². The van der Waals surface area contributed by atoms with Crippen molar-refractivity contribution in [3.05, 3.63) is 81.8 Å². The number of piperidine rings is 1. The maximum atomic E-state index is 13.1. The van der Waals surface area contributed by atoms with Crippen LogP contribution in [0.2, 0.25) is 0 Å². The number of aromatic nitrogens is 3. The Morgan fingerprint density at radius 2 is 2.06 bits per heavy atom. The molecule has 0 radical (unpaired) electrons. The average molecular weight is 418 g/mol. The second-order valence-electron chi connectivity index (χ2n) is 8.57. The lowest BCUT2D eigenvalue weighted by Crippen LogP contribution is -2.51. The molecule has 0 unspecified atom stereocenters. The van der Waals surface area contributed by atoms with Crippen LogP contribution < -0.4 is 10.3 Å². The Morgan fingerprint density at radius 1 is 1.23 bits per heavy atom. The van der Waals surface area contributed by atoms with Gasteiger partial charge < -0.3 is 19.2 Å². The van der Waals surface area contributed by atoms with Crippen LogP contribution in [0.1, 0.15) is 46.0 Å². The summed E-state index contributed by atoms with van der Waals surface area (Å²) in [5.74, 6) is 1.87. The third kappa shape index (κ3) is 3.54. The molecule has 1 amide bonds. The summed E-state index contributed by atoms with van der Waals surface area (Å²) in [6, 6.07) is 13.5. The summed E-state index contributed by atoms with van der Waals surface area (Å²) in [5, 5.41) is 0. The second kappa shape index (κ2) is 7.72. The number of fused-ring (bicyclic) bond motifs is 4. The van der Waals surface area contributed by atoms with E-state index in [1.165, 1.54) is 0 Å². The van der Waals surface area contributed by atoms with Gasteiger partial charge in [0.1, 0.15) is 17.3 Å². The summed E-state index contributed by atoms with van der Waals surface area (Å²) in [6.45, 7) is 3.08. The molecule has 3 atom stereocenters. The fourth-order valence-corrected chi connectivity index (χ4v) is 5.21. The first-order valence-corrected chi connectivity index (χ1v) is 10.7. The van der Waals surface area contributed by atoms with Crippen molar-refractivity contribution in [2.75, 3.05) is 20.2 Å². The van der Waals surface area contributed by atoms with E-state index in [9.17, 15) is 9.59 Å². The van der Waals surface area contributed by atoms with E-state index in [4.69, 9.17) is 4.74 Å². The Kier molecular flexibility index (Phi) is 4.88. The zero-order chi connectivity index (χ0) is 21.5. The second-order valence-corrected chi connectivity index (χ2v) is 8.57. The van der Waals surface area contributed by atoms with E-state index in [1.807, 2.05) is 46.7 Å². The number of hydrogen-bond acceptors (Lipinski definition) is 4. The molecule has 2 aliphatic rings. The highest BCUT2D eigenvalue weighted by molar-refractivity contribution is 5.92. The van der Waals surface area contributed by atoms with Gasteiger partial charge in [-0.1, -0.05) is 18.2 Å². The van der Waals surface area contributed by atoms with E-state index in [2.05, 4.69) is 16.0 Å². The lowest BCUT2D eigenvalue weighted by Gasteiger charge is -2.47. The van der Waals surface area contributed by atoms with Crippen LogP contribution in [-0.4, -0.2) is 45.5 Å². The number of H-pyrrole nitrogens is 1. The lowest BCUT2D eigenvalue weighted by molar-refractivity contribution is 0.0523. The van der Waals surface area contributed by atoms with Crippen molar-refractivity contribution >= 4 is 5.91 Å². The first-order chi connectivity index (χ1) is 15.0. The van der Waals surface area contributed by atoms with Crippen LogP contribution in [0.25, 0.3) is 0 Å².